The Morgan fingerprint density at radius 2 is 1.69 bits per heavy atom. The SMILES string of the molecule is Cc1ccc(S(=O)(=O)NC(C#N)C#N)cc1. The van der Waals surface area contributed by atoms with Gasteiger partial charge in [-0.1, -0.05) is 17.7 Å². The highest BCUT2D eigenvalue weighted by Crippen LogP contribution is 2.10. The predicted molar refractivity (Wildman–Crippen MR) is 56.5 cm³/mol. The van der Waals surface area contributed by atoms with Gasteiger partial charge in [0.15, 0.2) is 6.04 Å². The number of benzene rings is 1. The highest BCUT2D eigenvalue weighted by atomic mass is 32.2. The number of nitrogens with zero attached hydrogens (tertiary/aromatic N) is 2. The molecule has 0 fully saturated rings. The Hall–Kier alpha value is -1.89. The van der Waals surface area contributed by atoms with E-state index in [1.807, 2.05) is 11.6 Å². The molecule has 1 aromatic rings. The Bertz CT molecular complexity index is 535. The van der Waals surface area contributed by atoms with E-state index in [2.05, 4.69) is 0 Å². The molecule has 0 aliphatic heterocycles. The van der Waals surface area contributed by atoms with Crippen LogP contribution in [0.15, 0.2) is 29.2 Å². The monoisotopic (exact) mass is 235 g/mol. The largest absolute Gasteiger partial charge is 0.242 e. The molecule has 5 nitrogen and oxygen atoms in total. The normalized spacial score (nSPS) is 10.8. The second-order valence-electron chi connectivity index (χ2n) is 3.13. The Balaban J connectivity index is 3.01. The van der Waals surface area contributed by atoms with Gasteiger partial charge in [-0.25, -0.2) is 8.42 Å². The van der Waals surface area contributed by atoms with Gasteiger partial charge >= 0.3 is 0 Å². The fraction of sp³-hybridized carbons (Fsp3) is 0.200. The van der Waals surface area contributed by atoms with E-state index >= 15 is 0 Å². The Morgan fingerprint density at radius 1 is 1.19 bits per heavy atom. The van der Waals surface area contributed by atoms with Crippen molar-refractivity contribution in [3.05, 3.63) is 29.8 Å². The van der Waals surface area contributed by atoms with Gasteiger partial charge in [0, 0.05) is 0 Å². The van der Waals surface area contributed by atoms with Gasteiger partial charge in [0.2, 0.25) is 10.0 Å². The van der Waals surface area contributed by atoms with Gasteiger partial charge in [-0.2, -0.15) is 15.2 Å². The first-order valence-electron chi connectivity index (χ1n) is 4.38. The molecule has 0 heterocycles. The molecule has 0 radical (unpaired) electrons. The molecule has 0 bridgehead atoms. The summed E-state index contributed by atoms with van der Waals surface area (Å²) in [6.45, 7) is 1.83. The van der Waals surface area contributed by atoms with Crippen LogP contribution in [0.4, 0.5) is 0 Å². The zero-order chi connectivity index (χ0) is 12.2. The van der Waals surface area contributed by atoms with E-state index in [0.29, 0.717) is 0 Å². The summed E-state index contributed by atoms with van der Waals surface area (Å²) in [5.41, 5.74) is 0.927. The smallest absolute Gasteiger partial charge is 0.207 e. The standard InChI is InChI=1S/C10H9N3O2S/c1-8-2-4-10(5-3-8)16(14,15)13-9(6-11)7-12/h2-5,9,13H,1H3. The second kappa shape index (κ2) is 4.75. The maximum absolute atomic E-state index is 11.7. The molecule has 0 saturated carbocycles. The summed E-state index contributed by atoms with van der Waals surface area (Å²) in [5.74, 6) is 0. The maximum Gasteiger partial charge on any atom is 0.242 e. The van der Waals surface area contributed by atoms with Crippen molar-refractivity contribution >= 4 is 10.0 Å². The summed E-state index contributed by atoms with van der Waals surface area (Å²) in [6, 6.07) is 7.83. The van der Waals surface area contributed by atoms with Crippen molar-refractivity contribution in [2.75, 3.05) is 0 Å². The number of sulfonamides is 1. The van der Waals surface area contributed by atoms with Crippen LogP contribution in [0.5, 0.6) is 0 Å². The minimum Gasteiger partial charge on any atom is -0.207 e. The van der Waals surface area contributed by atoms with Gasteiger partial charge in [0.25, 0.3) is 0 Å². The first kappa shape index (κ1) is 12.2. The summed E-state index contributed by atoms with van der Waals surface area (Å²) < 4.78 is 25.3. The summed E-state index contributed by atoms with van der Waals surface area (Å²) in [7, 11) is -3.80. The van der Waals surface area contributed by atoms with Gasteiger partial charge in [-0.3, -0.25) is 0 Å². The number of nitriles is 2. The van der Waals surface area contributed by atoms with Crippen molar-refractivity contribution in [2.45, 2.75) is 17.9 Å². The molecule has 82 valence electrons. The molecular formula is C10H9N3O2S. The molecule has 16 heavy (non-hydrogen) atoms. The molecule has 0 amide bonds. The number of rotatable bonds is 3. The van der Waals surface area contributed by atoms with Crippen LogP contribution in [0.25, 0.3) is 0 Å². The molecule has 1 N–H and O–H groups in total. The fourth-order valence-electron chi connectivity index (χ4n) is 1.02. The van der Waals surface area contributed by atoms with E-state index in [-0.39, 0.29) is 4.90 Å². The summed E-state index contributed by atoms with van der Waals surface area (Å²) >= 11 is 0. The summed E-state index contributed by atoms with van der Waals surface area (Å²) in [6.07, 6.45) is 0. The fourth-order valence-corrected chi connectivity index (χ4v) is 2.07. The Kier molecular flexibility index (Phi) is 3.62. The van der Waals surface area contributed by atoms with E-state index in [1.165, 1.54) is 24.3 Å². The highest BCUT2D eigenvalue weighted by Gasteiger charge is 2.18. The van der Waals surface area contributed by atoms with Crippen LogP contribution in [-0.4, -0.2) is 14.5 Å². The predicted octanol–water partition coefficient (Wildman–Crippen LogP) is 0.689. The topological polar surface area (TPSA) is 93.8 Å². The third-order valence-corrected chi connectivity index (χ3v) is 3.30. The molecule has 0 aliphatic carbocycles. The van der Waals surface area contributed by atoms with E-state index in [4.69, 9.17) is 10.5 Å². The Morgan fingerprint density at radius 3 is 2.12 bits per heavy atom. The van der Waals surface area contributed by atoms with Gasteiger partial charge < -0.3 is 0 Å². The van der Waals surface area contributed by atoms with Gasteiger partial charge in [0.1, 0.15) is 0 Å². The van der Waals surface area contributed by atoms with Gasteiger partial charge in [-0.15, -0.1) is 0 Å². The third kappa shape index (κ3) is 2.80. The minimum atomic E-state index is -3.80. The first-order chi connectivity index (χ1) is 7.49. The maximum atomic E-state index is 11.7. The average Bonchev–Trinajstić information content (AvgIpc) is 2.26. The summed E-state index contributed by atoms with van der Waals surface area (Å²) in [4.78, 5) is 0.0357. The quantitative estimate of drug-likeness (QED) is 0.833. The minimum absolute atomic E-state index is 0.0357. The van der Waals surface area contributed by atoms with E-state index < -0.39 is 16.1 Å². The van der Waals surface area contributed by atoms with Gasteiger partial charge in [0.05, 0.1) is 17.0 Å². The number of hydrogen-bond acceptors (Lipinski definition) is 4. The number of nitrogens with one attached hydrogen (secondary N) is 1. The van der Waals surface area contributed by atoms with Crippen LogP contribution in [-0.2, 0) is 10.0 Å². The highest BCUT2D eigenvalue weighted by molar-refractivity contribution is 7.89. The lowest BCUT2D eigenvalue weighted by Crippen LogP contribution is -2.32. The van der Waals surface area contributed by atoms with Crippen LogP contribution in [0.3, 0.4) is 0 Å². The van der Waals surface area contributed by atoms with E-state index in [0.717, 1.165) is 5.56 Å². The average molecular weight is 235 g/mol. The van der Waals surface area contributed by atoms with Crippen molar-refractivity contribution in [1.82, 2.24) is 4.72 Å². The van der Waals surface area contributed by atoms with Gasteiger partial charge in [-0.05, 0) is 19.1 Å². The molecule has 0 atom stereocenters. The second-order valence-corrected chi connectivity index (χ2v) is 4.84. The van der Waals surface area contributed by atoms with Crippen molar-refractivity contribution < 1.29 is 8.42 Å². The molecule has 0 aliphatic rings. The van der Waals surface area contributed by atoms with Crippen LogP contribution < -0.4 is 4.72 Å². The molecule has 0 aromatic heterocycles. The molecule has 0 saturated heterocycles. The molecule has 1 aromatic carbocycles. The molecule has 0 spiro atoms. The molecular weight excluding hydrogens is 226 g/mol. The zero-order valence-corrected chi connectivity index (χ0v) is 9.32. The third-order valence-electron chi connectivity index (χ3n) is 1.86. The van der Waals surface area contributed by atoms with Crippen molar-refractivity contribution in [3.8, 4) is 12.1 Å². The zero-order valence-electron chi connectivity index (χ0n) is 8.51. The molecule has 6 heteroatoms. The lowest BCUT2D eigenvalue weighted by Gasteiger charge is -2.06. The van der Waals surface area contributed by atoms with Crippen molar-refractivity contribution in [2.24, 2.45) is 0 Å². The van der Waals surface area contributed by atoms with Crippen molar-refractivity contribution in [3.63, 3.8) is 0 Å². The van der Waals surface area contributed by atoms with E-state index in [9.17, 15) is 8.42 Å². The summed E-state index contributed by atoms with van der Waals surface area (Å²) in [5, 5.41) is 17.0. The Labute approximate surface area is 94.0 Å². The first-order valence-corrected chi connectivity index (χ1v) is 5.86. The van der Waals surface area contributed by atoms with Crippen LogP contribution in [0, 0.1) is 29.6 Å². The van der Waals surface area contributed by atoms with Crippen LogP contribution in [0.1, 0.15) is 5.56 Å². The van der Waals surface area contributed by atoms with Crippen LogP contribution >= 0.6 is 0 Å². The van der Waals surface area contributed by atoms with E-state index in [1.54, 1.807) is 12.1 Å². The number of aryl methyl sites for hydroxylation is 1. The van der Waals surface area contributed by atoms with Crippen LogP contribution in [0.2, 0.25) is 0 Å². The van der Waals surface area contributed by atoms with Crippen molar-refractivity contribution in [1.29, 1.82) is 10.5 Å². The molecule has 1 rings (SSSR count). The lowest BCUT2D eigenvalue weighted by atomic mass is 10.2. The number of hydrogen-bond donors (Lipinski definition) is 1. The molecule has 0 unspecified atom stereocenters. The lowest BCUT2D eigenvalue weighted by molar-refractivity contribution is 0.581.